The molecule has 0 spiro atoms. The third kappa shape index (κ3) is 6.63. The molecule has 47 heavy (non-hydrogen) atoms. The molecule has 17 heteroatoms. The molecule has 2 aromatic heterocycles. The van der Waals surface area contributed by atoms with Crippen molar-refractivity contribution in [2.45, 2.75) is 57.0 Å². The molecule has 1 fully saturated rings. The van der Waals surface area contributed by atoms with E-state index in [-0.39, 0.29) is 54.5 Å². The third-order valence-corrected chi connectivity index (χ3v) is 10.3. The predicted molar refractivity (Wildman–Crippen MR) is 166 cm³/mol. The predicted octanol–water partition coefficient (Wildman–Crippen LogP) is 4.41. The molecule has 3 aliphatic heterocycles. The molecule has 1 aromatic carbocycles. The van der Waals surface area contributed by atoms with Crippen LogP contribution in [0.5, 0.6) is 0 Å². The number of hydrogen-bond acceptors (Lipinski definition) is 8. The van der Waals surface area contributed by atoms with Crippen LogP contribution >= 0.6 is 11.6 Å². The van der Waals surface area contributed by atoms with Gasteiger partial charge in [0, 0.05) is 45.0 Å². The Labute approximate surface area is 274 Å². The second-order valence-electron chi connectivity index (χ2n) is 12.6. The van der Waals surface area contributed by atoms with Crippen LogP contribution in [0.4, 0.5) is 29.5 Å². The van der Waals surface area contributed by atoms with Crippen molar-refractivity contribution in [2.24, 2.45) is 0 Å². The van der Waals surface area contributed by atoms with E-state index in [1.54, 1.807) is 52.3 Å². The third-order valence-electron chi connectivity index (χ3n) is 8.25. The smallest absolute Gasteiger partial charge is 0.416 e. The topological polar surface area (TPSA) is 121 Å². The second-order valence-corrected chi connectivity index (χ2v) is 14.9. The van der Waals surface area contributed by atoms with Crippen molar-refractivity contribution in [3.8, 4) is 0 Å². The Morgan fingerprint density at radius 1 is 0.957 bits per heavy atom. The number of alkyl halides is 3. The van der Waals surface area contributed by atoms with Gasteiger partial charge in [-0.2, -0.15) is 22.6 Å². The van der Waals surface area contributed by atoms with Gasteiger partial charge in [-0.05, 0) is 63.1 Å². The van der Waals surface area contributed by atoms with Crippen molar-refractivity contribution in [3.05, 3.63) is 64.1 Å². The molecule has 5 heterocycles. The van der Waals surface area contributed by atoms with E-state index in [4.69, 9.17) is 16.3 Å². The molecule has 0 unspecified atom stereocenters. The largest absolute Gasteiger partial charge is 0.444 e. The summed E-state index contributed by atoms with van der Waals surface area (Å²) < 4.78 is 75.5. The molecule has 6 rings (SSSR count). The number of ether oxygens (including phenoxy) is 1. The van der Waals surface area contributed by atoms with E-state index in [9.17, 15) is 31.2 Å². The second kappa shape index (κ2) is 12.0. The van der Waals surface area contributed by atoms with Crippen molar-refractivity contribution in [1.82, 2.24) is 24.0 Å². The van der Waals surface area contributed by atoms with Gasteiger partial charge in [-0.15, -0.1) is 0 Å². The number of pyridine rings is 1. The highest BCUT2D eigenvalue weighted by atomic mass is 35.5. The quantitative estimate of drug-likeness (QED) is 0.368. The normalized spacial score (nSPS) is 17.5. The Morgan fingerprint density at radius 2 is 1.68 bits per heavy atom. The summed E-state index contributed by atoms with van der Waals surface area (Å²) in [5, 5.41) is 4.06. The lowest BCUT2D eigenvalue weighted by atomic mass is 10.1. The van der Waals surface area contributed by atoms with E-state index < -0.39 is 33.5 Å². The Bertz CT molecular complexity index is 1840. The van der Waals surface area contributed by atoms with Gasteiger partial charge in [-0.25, -0.2) is 18.2 Å². The summed E-state index contributed by atoms with van der Waals surface area (Å²) in [7, 11) is -3.94. The molecule has 0 aliphatic carbocycles. The van der Waals surface area contributed by atoms with E-state index in [2.05, 4.69) is 10.1 Å². The van der Waals surface area contributed by atoms with Crippen LogP contribution in [0.3, 0.4) is 0 Å². The lowest BCUT2D eigenvalue weighted by Crippen LogP contribution is -2.49. The molecule has 0 atom stereocenters. The molecule has 0 radical (unpaired) electrons. The zero-order valence-electron chi connectivity index (χ0n) is 25.9. The summed E-state index contributed by atoms with van der Waals surface area (Å²) in [6.45, 7) is 6.99. The van der Waals surface area contributed by atoms with Gasteiger partial charge in [0.15, 0.2) is 0 Å². The van der Waals surface area contributed by atoms with Gasteiger partial charge >= 0.3 is 12.3 Å². The van der Waals surface area contributed by atoms with Gasteiger partial charge in [-0.3, -0.25) is 9.48 Å². The standard InChI is InChI=1S/C30H33ClF3N7O5S/c1-29(2,3)46-28(43)38-10-13-41-24(18-38)22(17-35-41)27(42)40-7-6-19-14-21(4-5-23(19)40)47(44,45)39-11-8-37(9-12-39)26-16-20(30(32,33)34)15-25(31)36-26/h4-5,14-17H,6-13,18H2,1-3H3. The van der Waals surface area contributed by atoms with Gasteiger partial charge < -0.3 is 19.4 Å². The van der Waals surface area contributed by atoms with Crippen LogP contribution < -0.4 is 9.80 Å². The number of amides is 2. The van der Waals surface area contributed by atoms with Crippen molar-refractivity contribution < 1.29 is 35.9 Å². The maximum Gasteiger partial charge on any atom is 0.416 e. The number of halogens is 4. The number of sulfonamides is 1. The maximum atomic E-state index is 13.8. The Morgan fingerprint density at radius 3 is 2.36 bits per heavy atom. The lowest BCUT2D eigenvalue weighted by Gasteiger charge is -2.35. The molecule has 0 bridgehead atoms. The van der Waals surface area contributed by atoms with E-state index in [1.165, 1.54) is 16.6 Å². The van der Waals surface area contributed by atoms with Crippen LogP contribution in [-0.4, -0.2) is 89.3 Å². The minimum atomic E-state index is -4.60. The fourth-order valence-corrected chi connectivity index (χ4v) is 7.59. The molecular formula is C30H33ClF3N7O5S. The van der Waals surface area contributed by atoms with Crippen molar-refractivity contribution >= 4 is 45.1 Å². The first-order valence-electron chi connectivity index (χ1n) is 15.0. The Hall–Kier alpha value is -3.89. The van der Waals surface area contributed by atoms with Crippen LogP contribution in [0.25, 0.3) is 0 Å². The fraction of sp³-hybridized carbons (Fsp3) is 0.467. The van der Waals surface area contributed by atoms with E-state index in [1.807, 2.05) is 0 Å². The number of nitrogens with zero attached hydrogens (tertiary/aromatic N) is 7. The number of piperazine rings is 1. The van der Waals surface area contributed by atoms with E-state index >= 15 is 0 Å². The average Bonchev–Trinajstić information content (AvgIpc) is 3.63. The minimum absolute atomic E-state index is 0.0291. The first-order valence-corrected chi connectivity index (χ1v) is 16.8. The summed E-state index contributed by atoms with van der Waals surface area (Å²) >= 11 is 5.84. The molecule has 252 valence electrons. The van der Waals surface area contributed by atoms with Crippen LogP contribution in [0.1, 0.15) is 48.0 Å². The first kappa shape index (κ1) is 33.0. The molecule has 0 N–H and O–H groups in total. The van der Waals surface area contributed by atoms with Gasteiger partial charge in [-0.1, -0.05) is 11.6 Å². The molecular weight excluding hydrogens is 663 g/mol. The van der Waals surface area contributed by atoms with Crippen molar-refractivity contribution in [1.29, 1.82) is 0 Å². The zero-order chi connectivity index (χ0) is 33.9. The number of hydrogen-bond donors (Lipinski definition) is 0. The number of anilines is 2. The Kier molecular flexibility index (Phi) is 8.41. The number of aromatic nitrogens is 3. The molecule has 1 saturated heterocycles. The SMILES string of the molecule is CC(C)(C)OC(=O)N1CCn2ncc(C(=O)N3CCc4cc(S(=O)(=O)N5CCN(c6cc(C(F)(F)F)cc(Cl)n6)CC5)ccc43)c2C1. The van der Waals surface area contributed by atoms with E-state index in [0.29, 0.717) is 48.6 Å². The molecule has 12 nitrogen and oxygen atoms in total. The van der Waals surface area contributed by atoms with Gasteiger partial charge in [0.2, 0.25) is 10.0 Å². The van der Waals surface area contributed by atoms with Crippen LogP contribution in [0.2, 0.25) is 5.15 Å². The number of rotatable bonds is 4. The first-order chi connectivity index (χ1) is 22.0. The van der Waals surface area contributed by atoms with Gasteiger partial charge in [0.05, 0.1) is 41.0 Å². The summed E-state index contributed by atoms with van der Waals surface area (Å²) in [6.07, 6.45) is -3.13. The average molecular weight is 696 g/mol. The highest BCUT2D eigenvalue weighted by molar-refractivity contribution is 7.89. The molecule has 3 aromatic rings. The van der Waals surface area contributed by atoms with Crippen LogP contribution in [-0.2, 0) is 40.4 Å². The lowest BCUT2D eigenvalue weighted by molar-refractivity contribution is -0.137. The number of fused-ring (bicyclic) bond motifs is 2. The van der Waals surface area contributed by atoms with Crippen LogP contribution in [0, 0.1) is 0 Å². The van der Waals surface area contributed by atoms with Crippen molar-refractivity contribution in [2.75, 3.05) is 49.1 Å². The zero-order valence-corrected chi connectivity index (χ0v) is 27.5. The highest BCUT2D eigenvalue weighted by Gasteiger charge is 2.36. The van der Waals surface area contributed by atoms with Crippen molar-refractivity contribution in [3.63, 3.8) is 0 Å². The maximum absolute atomic E-state index is 13.8. The molecule has 3 aliphatic rings. The summed E-state index contributed by atoms with van der Waals surface area (Å²) in [5.41, 5.74) is 0.651. The van der Waals surface area contributed by atoms with Gasteiger partial charge in [0.25, 0.3) is 5.91 Å². The highest BCUT2D eigenvalue weighted by Crippen LogP contribution is 2.35. The number of benzene rings is 1. The van der Waals surface area contributed by atoms with E-state index in [0.717, 1.165) is 12.1 Å². The summed E-state index contributed by atoms with van der Waals surface area (Å²) in [5.74, 6) is -0.271. The Balaban J connectivity index is 1.14. The number of carbonyl (C=O) groups is 2. The number of carbonyl (C=O) groups excluding carboxylic acids is 2. The molecule has 0 saturated carbocycles. The molecule has 2 amide bonds. The summed E-state index contributed by atoms with van der Waals surface area (Å²) in [4.78, 5) is 35.2. The fourth-order valence-electron chi connectivity index (χ4n) is 5.92. The minimum Gasteiger partial charge on any atom is -0.444 e. The monoisotopic (exact) mass is 695 g/mol. The van der Waals surface area contributed by atoms with Crippen LogP contribution in [0.15, 0.2) is 41.4 Å². The summed E-state index contributed by atoms with van der Waals surface area (Å²) in [6, 6.07) is 6.29. The van der Waals surface area contributed by atoms with Gasteiger partial charge in [0.1, 0.15) is 16.6 Å².